The summed E-state index contributed by atoms with van der Waals surface area (Å²) in [6.45, 7) is 1.92. The third-order valence-corrected chi connectivity index (χ3v) is 2.81. The SMILES string of the molecule is Cc1ccc2[nH]c(S(=O)(=O)O)cc2c1. The molecule has 0 aliphatic rings. The van der Waals surface area contributed by atoms with Crippen molar-refractivity contribution in [2.45, 2.75) is 11.9 Å². The van der Waals surface area contributed by atoms with E-state index in [1.807, 2.05) is 19.1 Å². The summed E-state index contributed by atoms with van der Waals surface area (Å²) in [7, 11) is -4.13. The van der Waals surface area contributed by atoms with Gasteiger partial charge in [-0.2, -0.15) is 8.42 Å². The van der Waals surface area contributed by atoms with Crippen LogP contribution >= 0.6 is 0 Å². The Bertz CT molecular complexity index is 583. The zero-order valence-corrected chi connectivity index (χ0v) is 8.30. The highest BCUT2D eigenvalue weighted by atomic mass is 32.2. The minimum Gasteiger partial charge on any atom is -0.344 e. The Hall–Kier alpha value is -1.33. The summed E-state index contributed by atoms with van der Waals surface area (Å²) in [5.41, 5.74) is 1.74. The van der Waals surface area contributed by atoms with Crippen LogP contribution in [-0.2, 0) is 10.1 Å². The molecule has 4 nitrogen and oxygen atoms in total. The Labute approximate surface area is 81.3 Å². The van der Waals surface area contributed by atoms with Gasteiger partial charge in [0.05, 0.1) is 0 Å². The molecular formula is C9H9NO3S. The number of aryl methyl sites for hydroxylation is 1. The first kappa shape index (κ1) is 9.23. The molecule has 0 saturated heterocycles. The molecule has 0 radical (unpaired) electrons. The lowest BCUT2D eigenvalue weighted by atomic mass is 10.2. The summed E-state index contributed by atoms with van der Waals surface area (Å²) in [6, 6.07) is 6.91. The predicted octanol–water partition coefficient (Wildman–Crippen LogP) is 1.72. The number of fused-ring (bicyclic) bond motifs is 1. The third kappa shape index (κ3) is 1.51. The van der Waals surface area contributed by atoms with Gasteiger partial charge in [0, 0.05) is 10.9 Å². The molecule has 14 heavy (non-hydrogen) atoms. The van der Waals surface area contributed by atoms with E-state index in [0.29, 0.717) is 5.52 Å². The molecule has 0 spiro atoms. The van der Waals surface area contributed by atoms with Gasteiger partial charge in [0.25, 0.3) is 0 Å². The van der Waals surface area contributed by atoms with Crippen LogP contribution in [0.5, 0.6) is 0 Å². The number of nitrogens with one attached hydrogen (secondary N) is 1. The van der Waals surface area contributed by atoms with Crippen LogP contribution in [0.2, 0.25) is 0 Å². The molecule has 5 heteroatoms. The first-order valence-corrected chi connectivity index (χ1v) is 5.48. The van der Waals surface area contributed by atoms with Crippen LogP contribution in [0.3, 0.4) is 0 Å². The Kier molecular flexibility index (Phi) is 1.87. The number of rotatable bonds is 1. The fourth-order valence-electron chi connectivity index (χ4n) is 1.36. The van der Waals surface area contributed by atoms with Gasteiger partial charge < -0.3 is 4.98 Å². The first-order valence-electron chi connectivity index (χ1n) is 4.04. The topological polar surface area (TPSA) is 70.2 Å². The summed E-state index contributed by atoms with van der Waals surface area (Å²) in [5, 5.41) is 0.607. The largest absolute Gasteiger partial charge is 0.344 e. The number of hydrogen-bond acceptors (Lipinski definition) is 2. The number of hydrogen-bond donors (Lipinski definition) is 2. The van der Waals surface area contributed by atoms with Gasteiger partial charge in [0.15, 0.2) is 5.03 Å². The monoisotopic (exact) mass is 211 g/mol. The predicted molar refractivity (Wildman–Crippen MR) is 52.9 cm³/mol. The molecule has 0 atom stereocenters. The maximum Gasteiger partial charge on any atom is 0.310 e. The summed E-state index contributed by atoms with van der Waals surface area (Å²) in [6.07, 6.45) is 0. The van der Waals surface area contributed by atoms with Gasteiger partial charge in [-0.05, 0) is 25.1 Å². The van der Waals surface area contributed by atoms with Crippen molar-refractivity contribution < 1.29 is 13.0 Å². The van der Waals surface area contributed by atoms with Crippen molar-refractivity contribution >= 4 is 21.0 Å². The van der Waals surface area contributed by atoms with Gasteiger partial charge in [-0.25, -0.2) is 0 Å². The smallest absolute Gasteiger partial charge is 0.310 e. The van der Waals surface area contributed by atoms with E-state index in [-0.39, 0.29) is 5.03 Å². The minimum atomic E-state index is -4.13. The maximum atomic E-state index is 10.8. The average Bonchev–Trinajstić information content (AvgIpc) is 2.45. The molecule has 0 saturated carbocycles. The van der Waals surface area contributed by atoms with E-state index >= 15 is 0 Å². The lowest BCUT2D eigenvalue weighted by Crippen LogP contribution is -1.97. The van der Waals surface area contributed by atoms with Gasteiger partial charge >= 0.3 is 10.1 Å². The number of aromatic nitrogens is 1. The minimum absolute atomic E-state index is 0.168. The lowest BCUT2D eigenvalue weighted by Gasteiger charge is -1.90. The molecular weight excluding hydrogens is 202 g/mol. The van der Waals surface area contributed by atoms with E-state index in [1.165, 1.54) is 6.07 Å². The van der Waals surface area contributed by atoms with Crippen LogP contribution < -0.4 is 0 Å². The molecule has 2 rings (SSSR count). The van der Waals surface area contributed by atoms with Gasteiger partial charge in [-0.3, -0.25) is 4.55 Å². The molecule has 2 aromatic rings. The quantitative estimate of drug-likeness (QED) is 0.705. The second-order valence-corrected chi connectivity index (χ2v) is 4.59. The normalized spacial score (nSPS) is 12.1. The number of H-pyrrole nitrogens is 1. The van der Waals surface area contributed by atoms with E-state index in [1.54, 1.807) is 6.07 Å². The zero-order chi connectivity index (χ0) is 10.3. The van der Waals surface area contributed by atoms with Crippen molar-refractivity contribution in [3.8, 4) is 0 Å². The van der Waals surface area contributed by atoms with E-state index in [9.17, 15) is 8.42 Å². The van der Waals surface area contributed by atoms with Crippen LogP contribution in [-0.4, -0.2) is 18.0 Å². The Balaban J connectivity index is 2.75. The zero-order valence-electron chi connectivity index (χ0n) is 7.48. The molecule has 0 amide bonds. The molecule has 1 aromatic carbocycles. The van der Waals surface area contributed by atoms with Crippen LogP contribution in [0, 0.1) is 6.92 Å². The van der Waals surface area contributed by atoms with Crippen molar-refractivity contribution in [2.24, 2.45) is 0 Å². The molecule has 74 valence electrons. The van der Waals surface area contributed by atoms with Gasteiger partial charge in [-0.1, -0.05) is 11.6 Å². The van der Waals surface area contributed by atoms with E-state index in [0.717, 1.165) is 10.9 Å². The maximum absolute atomic E-state index is 10.8. The second-order valence-electron chi connectivity index (χ2n) is 3.20. The van der Waals surface area contributed by atoms with Crippen LogP contribution in [0.4, 0.5) is 0 Å². The summed E-state index contributed by atoms with van der Waals surface area (Å²) in [4.78, 5) is 2.62. The van der Waals surface area contributed by atoms with Crippen molar-refractivity contribution in [1.29, 1.82) is 0 Å². The molecule has 0 aliphatic carbocycles. The van der Waals surface area contributed by atoms with Gasteiger partial charge in [-0.15, -0.1) is 0 Å². The second kappa shape index (κ2) is 2.83. The Morgan fingerprint density at radius 3 is 2.64 bits per heavy atom. The third-order valence-electron chi connectivity index (χ3n) is 2.03. The summed E-state index contributed by atoms with van der Waals surface area (Å²) in [5.74, 6) is 0. The van der Waals surface area contributed by atoms with Crippen molar-refractivity contribution in [2.75, 3.05) is 0 Å². The number of benzene rings is 1. The summed E-state index contributed by atoms with van der Waals surface area (Å²) >= 11 is 0. The van der Waals surface area contributed by atoms with E-state index in [4.69, 9.17) is 4.55 Å². The van der Waals surface area contributed by atoms with Crippen LogP contribution in [0.1, 0.15) is 5.56 Å². The molecule has 0 unspecified atom stereocenters. The van der Waals surface area contributed by atoms with Crippen LogP contribution in [0.15, 0.2) is 29.3 Å². The highest BCUT2D eigenvalue weighted by Gasteiger charge is 2.12. The first-order chi connectivity index (χ1) is 6.47. The molecule has 0 bridgehead atoms. The molecule has 1 aromatic heterocycles. The van der Waals surface area contributed by atoms with Crippen molar-refractivity contribution in [1.82, 2.24) is 4.98 Å². The summed E-state index contributed by atoms with van der Waals surface area (Å²) < 4.78 is 30.4. The molecule has 0 fully saturated rings. The molecule has 2 N–H and O–H groups in total. The standard InChI is InChI=1S/C9H9NO3S/c1-6-2-3-8-7(4-6)5-9(10-8)14(11,12)13/h2-5,10H,1H3,(H,11,12,13). The Morgan fingerprint density at radius 1 is 1.29 bits per heavy atom. The van der Waals surface area contributed by atoms with Crippen molar-refractivity contribution in [3.05, 3.63) is 29.8 Å². The lowest BCUT2D eigenvalue weighted by molar-refractivity contribution is 0.480. The van der Waals surface area contributed by atoms with Gasteiger partial charge in [0.2, 0.25) is 0 Å². The molecule has 1 heterocycles. The average molecular weight is 211 g/mol. The fraction of sp³-hybridized carbons (Fsp3) is 0.111. The van der Waals surface area contributed by atoms with E-state index in [2.05, 4.69) is 4.98 Å². The van der Waals surface area contributed by atoms with Crippen molar-refractivity contribution in [3.63, 3.8) is 0 Å². The van der Waals surface area contributed by atoms with Gasteiger partial charge in [0.1, 0.15) is 0 Å². The Morgan fingerprint density at radius 2 is 2.00 bits per heavy atom. The molecule has 0 aliphatic heterocycles. The highest BCUT2D eigenvalue weighted by molar-refractivity contribution is 7.85. The number of aromatic amines is 1. The van der Waals surface area contributed by atoms with Crippen LogP contribution in [0.25, 0.3) is 10.9 Å². The van der Waals surface area contributed by atoms with E-state index < -0.39 is 10.1 Å². The fourth-order valence-corrected chi connectivity index (χ4v) is 1.88. The highest BCUT2D eigenvalue weighted by Crippen LogP contribution is 2.19.